The maximum atomic E-state index is 12.9. The molecule has 4 unspecified atom stereocenters. The molecule has 0 aliphatic heterocycles. The van der Waals surface area contributed by atoms with Gasteiger partial charge < -0.3 is 9.84 Å². The maximum absolute atomic E-state index is 12.9. The summed E-state index contributed by atoms with van der Waals surface area (Å²) < 4.78 is 59.0. The van der Waals surface area contributed by atoms with Crippen molar-refractivity contribution >= 4 is 16.1 Å². The van der Waals surface area contributed by atoms with Crippen LogP contribution in [-0.2, 0) is 19.6 Å². The topological polar surface area (TPSA) is 101 Å². The van der Waals surface area contributed by atoms with E-state index in [9.17, 15) is 27.1 Å². The van der Waals surface area contributed by atoms with Crippen molar-refractivity contribution < 1.29 is 36.4 Å². The summed E-state index contributed by atoms with van der Waals surface area (Å²) in [6, 6.07) is 0. The summed E-state index contributed by atoms with van der Waals surface area (Å²) in [7, 11) is -5.81. The van der Waals surface area contributed by atoms with Crippen LogP contribution in [0.4, 0.5) is 8.78 Å². The first-order valence-corrected chi connectivity index (χ1v) is 7.27. The molecule has 0 amide bonds. The van der Waals surface area contributed by atoms with Gasteiger partial charge in [0.05, 0.1) is 12.7 Å². The fraction of sp³-hybridized carbons (Fsp3) is 0.900. The lowest BCUT2D eigenvalue weighted by Crippen LogP contribution is -2.40. The number of aliphatic hydroxyl groups excluding tert-OH is 1. The number of ether oxygens (including phenoxy) is 1. The zero-order valence-electron chi connectivity index (χ0n) is 9.83. The van der Waals surface area contributed by atoms with Crippen LogP contribution in [0, 0.1) is 17.8 Å². The number of carbonyl (C=O) groups excluding carboxylic acids is 1. The number of aliphatic hydroxyl groups is 1. The molecule has 0 heterocycles. The van der Waals surface area contributed by atoms with Gasteiger partial charge in [-0.1, -0.05) is 0 Å². The van der Waals surface area contributed by atoms with Crippen molar-refractivity contribution in [2.45, 2.75) is 30.6 Å². The lowest BCUT2D eigenvalue weighted by molar-refractivity contribution is -0.163. The van der Waals surface area contributed by atoms with Crippen molar-refractivity contribution in [1.29, 1.82) is 0 Å². The Morgan fingerprint density at radius 2 is 1.89 bits per heavy atom. The highest BCUT2D eigenvalue weighted by Gasteiger charge is 2.55. The Bertz CT molecular complexity index is 474. The molecular weight excluding hydrogens is 286 g/mol. The van der Waals surface area contributed by atoms with E-state index in [1.807, 2.05) is 0 Å². The van der Waals surface area contributed by atoms with Crippen LogP contribution in [0.1, 0.15) is 19.3 Å². The first-order valence-electron chi connectivity index (χ1n) is 5.83. The average molecular weight is 300 g/mol. The van der Waals surface area contributed by atoms with Crippen molar-refractivity contribution in [3.63, 3.8) is 0 Å². The molecule has 2 bridgehead atoms. The van der Waals surface area contributed by atoms with Crippen molar-refractivity contribution in [1.82, 2.24) is 0 Å². The summed E-state index contributed by atoms with van der Waals surface area (Å²) in [6.07, 6.45) is 1.48. The van der Waals surface area contributed by atoms with Crippen LogP contribution >= 0.6 is 0 Å². The normalized spacial score (nSPS) is 34.5. The molecule has 0 spiro atoms. The van der Waals surface area contributed by atoms with Gasteiger partial charge >= 0.3 is 21.3 Å². The lowest BCUT2D eigenvalue weighted by Gasteiger charge is -2.24. The lowest BCUT2D eigenvalue weighted by atomic mass is 9.88. The molecule has 0 radical (unpaired) electrons. The molecule has 2 rings (SSSR count). The third kappa shape index (κ3) is 2.59. The Morgan fingerprint density at radius 3 is 2.32 bits per heavy atom. The Hall–Kier alpha value is -0.800. The van der Waals surface area contributed by atoms with E-state index >= 15 is 0 Å². The molecule has 2 N–H and O–H groups in total. The quantitative estimate of drug-likeness (QED) is 0.576. The summed E-state index contributed by atoms with van der Waals surface area (Å²) in [5.41, 5.74) is 0. The number of hydrogen-bond donors (Lipinski definition) is 2. The first kappa shape index (κ1) is 14.6. The first-order chi connectivity index (χ1) is 8.63. The summed E-state index contributed by atoms with van der Waals surface area (Å²) in [6.45, 7) is -0.322. The number of esters is 1. The van der Waals surface area contributed by atoms with Crippen LogP contribution in [0.25, 0.3) is 0 Å². The molecule has 110 valence electrons. The van der Waals surface area contributed by atoms with E-state index in [-0.39, 0.29) is 24.4 Å². The standard InChI is InChI=1S/C10H14F2O6S/c11-10(12,19(15,16)17)9(14)18-4-7-2-6-1-5(7)3-8(6)13/h5-8,13H,1-4H2,(H,15,16,17). The number of hydrogen-bond acceptors (Lipinski definition) is 5. The highest BCUT2D eigenvalue weighted by Crippen LogP contribution is 2.48. The third-order valence-electron chi connectivity index (χ3n) is 3.96. The second-order valence-electron chi connectivity index (χ2n) is 5.14. The molecule has 0 aromatic heterocycles. The third-order valence-corrected chi connectivity index (χ3v) is 4.77. The zero-order valence-corrected chi connectivity index (χ0v) is 10.6. The van der Waals surface area contributed by atoms with Gasteiger partial charge in [0, 0.05) is 0 Å². The second-order valence-corrected chi connectivity index (χ2v) is 6.61. The van der Waals surface area contributed by atoms with Gasteiger partial charge in [-0.15, -0.1) is 0 Å². The molecule has 2 saturated carbocycles. The van der Waals surface area contributed by atoms with E-state index in [0.717, 1.165) is 6.42 Å². The Kier molecular flexibility index (Phi) is 3.56. The van der Waals surface area contributed by atoms with Gasteiger partial charge in [0.1, 0.15) is 0 Å². The van der Waals surface area contributed by atoms with Gasteiger partial charge in [-0.05, 0) is 37.0 Å². The number of fused-ring (bicyclic) bond motifs is 2. The molecule has 4 atom stereocenters. The van der Waals surface area contributed by atoms with E-state index in [4.69, 9.17) is 4.55 Å². The highest BCUT2D eigenvalue weighted by atomic mass is 32.2. The van der Waals surface area contributed by atoms with Crippen molar-refractivity contribution in [2.75, 3.05) is 6.61 Å². The predicted octanol–water partition coefficient (Wildman–Crippen LogP) is 0.417. The number of alkyl halides is 2. The van der Waals surface area contributed by atoms with Gasteiger partial charge in [-0.3, -0.25) is 4.55 Å². The van der Waals surface area contributed by atoms with Gasteiger partial charge in [0.25, 0.3) is 0 Å². The highest BCUT2D eigenvalue weighted by molar-refractivity contribution is 7.87. The number of carbonyl (C=O) groups is 1. The average Bonchev–Trinajstić information content (AvgIpc) is 2.82. The monoisotopic (exact) mass is 300 g/mol. The molecule has 2 aliphatic rings. The summed E-state index contributed by atoms with van der Waals surface area (Å²) in [4.78, 5) is 11.0. The Balaban J connectivity index is 1.89. The molecule has 0 saturated heterocycles. The van der Waals surface area contributed by atoms with Crippen molar-refractivity contribution in [3.8, 4) is 0 Å². The van der Waals surface area contributed by atoms with Crippen LogP contribution in [0.2, 0.25) is 0 Å². The number of rotatable bonds is 4. The van der Waals surface area contributed by atoms with Crippen LogP contribution < -0.4 is 0 Å². The van der Waals surface area contributed by atoms with Crippen molar-refractivity contribution in [3.05, 3.63) is 0 Å². The molecule has 6 nitrogen and oxygen atoms in total. The molecule has 19 heavy (non-hydrogen) atoms. The Morgan fingerprint density at radius 1 is 1.26 bits per heavy atom. The van der Waals surface area contributed by atoms with Crippen LogP contribution in [0.5, 0.6) is 0 Å². The van der Waals surface area contributed by atoms with Gasteiger partial charge in [-0.2, -0.15) is 17.2 Å². The minimum atomic E-state index is -5.81. The summed E-state index contributed by atoms with van der Waals surface area (Å²) in [5.74, 6) is -2.21. The SMILES string of the molecule is O=C(OCC1CC2CC1CC2O)C(F)(F)S(=O)(=O)O. The van der Waals surface area contributed by atoms with E-state index in [1.165, 1.54) is 0 Å². The Labute approximate surface area is 108 Å². The number of halogens is 2. The smallest absolute Gasteiger partial charge is 0.460 e. The predicted molar refractivity (Wildman–Crippen MR) is 57.8 cm³/mol. The minimum absolute atomic E-state index is 0.0933. The fourth-order valence-electron chi connectivity index (χ4n) is 2.94. The molecule has 2 fully saturated rings. The molecule has 0 aromatic carbocycles. The largest absolute Gasteiger partial charge is 0.465 e. The van der Waals surface area contributed by atoms with E-state index in [0.29, 0.717) is 12.8 Å². The van der Waals surface area contributed by atoms with Gasteiger partial charge in [-0.25, -0.2) is 4.79 Å². The maximum Gasteiger partial charge on any atom is 0.465 e. The molecule has 9 heteroatoms. The van der Waals surface area contributed by atoms with E-state index < -0.39 is 27.4 Å². The van der Waals surface area contributed by atoms with Gasteiger partial charge in [0.2, 0.25) is 0 Å². The van der Waals surface area contributed by atoms with Crippen LogP contribution in [-0.4, -0.2) is 42.0 Å². The van der Waals surface area contributed by atoms with E-state index in [2.05, 4.69) is 4.74 Å². The van der Waals surface area contributed by atoms with Gasteiger partial charge in [0.15, 0.2) is 0 Å². The molecule has 0 aromatic rings. The molecular formula is C10H14F2O6S. The second kappa shape index (κ2) is 4.64. The molecule has 2 aliphatic carbocycles. The fourth-order valence-corrected chi connectivity index (χ4v) is 3.21. The minimum Gasteiger partial charge on any atom is -0.460 e. The summed E-state index contributed by atoms with van der Waals surface area (Å²) >= 11 is 0. The zero-order chi connectivity index (χ0) is 14.4. The van der Waals surface area contributed by atoms with Crippen LogP contribution in [0.3, 0.4) is 0 Å². The summed E-state index contributed by atoms with van der Waals surface area (Å²) in [5, 5.41) is 4.57. The van der Waals surface area contributed by atoms with E-state index in [1.54, 1.807) is 0 Å². The van der Waals surface area contributed by atoms with Crippen molar-refractivity contribution in [2.24, 2.45) is 17.8 Å². The van der Waals surface area contributed by atoms with Crippen LogP contribution in [0.15, 0.2) is 0 Å².